The molecule has 5 rings (SSSR count). The number of carbonyl (C=O) groups excluding carboxylic acids is 3. The lowest BCUT2D eigenvalue weighted by atomic mass is 9.96. The van der Waals surface area contributed by atoms with Gasteiger partial charge >= 0.3 is 6.61 Å². The maximum Gasteiger partial charge on any atom is 0.387 e. The number of ketones is 1. The molecule has 1 unspecified atom stereocenters. The largest absolute Gasteiger partial charge is 0.434 e. The summed E-state index contributed by atoms with van der Waals surface area (Å²) >= 11 is 0. The van der Waals surface area contributed by atoms with Gasteiger partial charge in [-0.2, -0.15) is 14.0 Å². The molecule has 5 atom stereocenters. The number of amides is 2. The normalized spacial score (nSPS) is 27.1. The summed E-state index contributed by atoms with van der Waals surface area (Å²) in [6.07, 6.45) is 2.30. The number of nitriles is 1. The molecule has 0 bridgehead atoms. The topological polar surface area (TPSA) is 115 Å². The van der Waals surface area contributed by atoms with Crippen LogP contribution in [0.1, 0.15) is 50.0 Å². The minimum Gasteiger partial charge on any atom is -0.434 e. The minimum atomic E-state index is -3.00. The van der Waals surface area contributed by atoms with Crippen molar-refractivity contribution in [2.24, 2.45) is 23.2 Å². The van der Waals surface area contributed by atoms with E-state index >= 15 is 0 Å². The van der Waals surface area contributed by atoms with Crippen molar-refractivity contribution in [2.45, 2.75) is 58.2 Å². The van der Waals surface area contributed by atoms with Crippen molar-refractivity contribution in [3.63, 3.8) is 0 Å². The maximum absolute atomic E-state index is 13.5. The van der Waals surface area contributed by atoms with E-state index in [1.807, 2.05) is 0 Å². The molecule has 1 aromatic heterocycles. The number of nitrogens with one attached hydrogen (secondary N) is 2. The van der Waals surface area contributed by atoms with E-state index in [2.05, 4.69) is 35.0 Å². The molecule has 2 heterocycles. The Morgan fingerprint density at radius 2 is 2.14 bits per heavy atom. The summed E-state index contributed by atoms with van der Waals surface area (Å²) in [5.41, 5.74) is 0.509. The lowest BCUT2D eigenvalue weighted by molar-refractivity contribution is -0.127. The number of fused-ring (bicyclic) bond motifs is 2. The predicted molar refractivity (Wildman–Crippen MR) is 125 cm³/mol. The smallest absolute Gasteiger partial charge is 0.387 e. The van der Waals surface area contributed by atoms with Crippen molar-refractivity contribution in [2.75, 3.05) is 6.54 Å². The second kappa shape index (κ2) is 8.87. The fraction of sp³-hybridized carbons (Fsp3) is 0.538. The summed E-state index contributed by atoms with van der Waals surface area (Å²) in [7, 11) is 0. The van der Waals surface area contributed by atoms with Crippen molar-refractivity contribution >= 4 is 28.5 Å². The van der Waals surface area contributed by atoms with Crippen LogP contribution in [0.2, 0.25) is 0 Å². The zero-order valence-electron chi connectivity index (χ0n) is 20.1. The third-order valence-electron chi connectivity index (χ3n) is 8.23. The molecule has 1 saturated heterocycles. The molecular weight excluding hydrogens is 470 g/mol. The summed E-state index contributed by atoms with van der Waals surface area (Å²) in [5.74, 6) is -0.895. The van der Waals surface area contributed by atoms with Gasteiger partial charge in [0.05, 0.1) is 6.07 Å². The number of hydrogen-bond donors (Lipinski definition) is 2. The Balaban J connectivity index is 1.37. The molecule has 8 nitrogen and oxygen atoms in total. The van der Waals surface area contributed by atoms with E-state index in [1.54, 1.807) is 12.1 Å². The van der Waals surface area contributed by atoms with Crippen LogP contribution >= 0.6 is 0 Å². The zero-order valence-corrected chi connectivity index (χ0v) is 20.1. The number of hydrogen-bond acceptors (Lipinski definition) is 5. The number of halogens is 2. The first kappa shape index (κ1) is 24.2. The van der Waals surface area contributed by atoms with Crippen LogP contribution in [-0.2, 0) is 9.59 Å². The van der Waals surface area contributed by atoms with Gasteiger partial charge < -0.3 is 19.9 Å². The average Bonchev–Trinajstić information content (AvgIpc) is 3.34. The van der Waals surface area contributed by atoms with Crippen molar-refractivity contribution in [1.82, 2.24) is 15.2 Å². The van der Waals surface area contributed by atoms with Crippen LogP contribution in [-0.4, -0.2) is 52.7 Å². The van der Waals surface area contributed by atoms with Crippen LogP contribution < -0.4 is 10.1 Å². The Kier molecular flexibility index (Phi) is 5.97. The molecule has 10 heteroatoms. The molecule has 2 amide bonds. The van der Waals surface area contributed by atoms with Gasteiger partial charge in [-0.25, -0.2) is 0 Å². The van der Waals surface area contributed by atoms with Gasteiger partial charge in [-0.3, -0.25) is 14.4 Å². The molecule has 0 radical (unpaired) electrons. The van der Waals surface area contributed by atoms with Gasteiger partial charge in [0.15, 0.2) is 0 Å². The van der Waals surface area contributed by atoms with Crippen LogP contribution in [0.3, 0.4) is 0 Å². The van der Waals surface area contributed by atoms with Crippen molar-refractivity contribution in [3.8, 4) is 11.8 Å². The molecule has 1 aromatic carbocycles. The van der Waals surface area contributed by atoms with Gasteiger partial charge in [-0.1, -0.05) is 19.9 Å². The van der Waals surface area contributed by atoms with Crippen LogP contribution in [0.15, 0.2) is 24.3 Å². The fourth-order valence-corrected chi connectivity index (χ4v) is 6.21. The lowest BCUT2D eigenvalue weighted by Crippen LogP contribution is -2.52. The highest BCUT2D eigenvalue weighted by molar-refractivity contribution is 6.02. The number of benzene rings is 1. The van der Waals surface area contributed by atoms with Crippen molar-refractivity contribution in [3.05, 3.63) is 30.0 Å². The summed E-state index contributed by atoms with van der Waals surface area (Å²) in [6.45, 7) is 1.49. The molecule has 36 heavy (non-hydrogen) atoms. The number of likely N-dealkylation sites (tertiary alicyclic amines) is 1. The Labute approximate surface area is 207 Å². The standard InChI is InChI=1S/C26H28F2N4O4/c1-26(2)16-12-32(24(35)18-10-15-17(31-18)6-4-8-20(15)36-25(27)28)22(21(16)26)23(34)30-14(11-29)9-13-5-3-7-19(13)33/h4,6,8,10,13-14,16,21-22,25,31H,3,5,7,9,12H2,1-2H3,(H,30,34)/t13?,14-,16-,21-,22-/m0/s1. The zero-order chi connectivity index (χ0) is 25.8. The van der Waals surface area contributed by atoms with Crippen molar-refractivity contribution < 1.29 is 27.9 Å². The molecule has 2 aromatic rings. The number of alkyl halides is 2. The van der Waals surface area contributed by atoms with Gasteiger partial charge in [0, 0.05) is 29.8 Å². The summed E-state index contributed by atoms with van der Waals surface area (Å²) < 4.78 is 30.2. The van der Waals surface area contributed by atoms with Gasteiger partial charge in [-0.15, -0.1) is 0 Å². The van der Waals surface area contributed by atoms with E-state index in [4.69, 9.17) is 0 Å². The third-order valence-corrected chi connectivity index (χ3v) is 8.23. The Morgan fingerprint density at radius 3 is 2.81 bits per heavy atom. The maximum atomic E-state index is 13.5. The van der Waals surface area contributed by atoms with E-state index < -0.39 is 30.5 Å². The summed E-state index contributed by atoms with van der Waals surface area (Å²) in [6, 6.07) is 6.58. The Bertz CT molecular complexity index is 1270. The number of aromatic nitrogens is 1. The first-order valence-corrected chi connectivity index (χ1v) is 12.2. The number of Topliss-reactive ketones (excluding diaryl/α,β-unsaturated/α-hetero) is 1. The van der Waals surface area contributed by atoms with E-state index in [0.717, 1.165) is 12.8 Å². The Hall–Kier alpha value is -3.48. The molecule has 3 aliphatic rings. The number of carbonyl (C=O) groups is 3. The van der Waals surface area contributed by atoms with Crippen LogP contribution in [0.25, 0.3) is 10.9 Å². The number of rotatable bonds is 7. The molecule has 2 N–H and O–H groups in total. The van der Waals surface area contributed by atoms with Gasteiger partial charge in [0.2, 0.25) is 5.91 Å². The Morgan fingerprint density at radius 1 is 1.36 bits per heavy atom. The molecule has 190 valence electrons. The second-order valence-corrected chi connectivity index (χ2v) is 10.6. The molecule has 2 aliphatic carbocycles. The lowest BCUT2D eigenvalue weighted by Gasteiger charge is -2.30. The summed E-state index contributed by atoms with van der Waals surface area (Å²) in [4.78, 5) is 43.5. The highest BCUT2D eigenvalue weighted by atomic mass is 19.3. The molecule has 0 spiro atoms. The first-order valence-electron chi connectivity index (χ1n) is 12.2. The van der Waals surface area contributed by atoms with Crippen LogP contribution in [0.5, 0.6) is 5.75 Å². The highest BCUT2D eigenvalue weighted by Crippen LogP contribution is 2.65. The fourth-order valence-electron chi connectivity index (χ4n) is 6.21. The third kappa shape index (κ3) is 4.10. The number of aromatic amines is 1. The van der Waals surface area contributed by atoms with Gasteiger partial charge in [0.1, 0.15) is 29.3 Å². The summed E-state index contributed by atoms with van der Waals surface area (Å²) in [5, 5.41) is 12.8. The number of H-pyrrole nitrogens is 1. The molecule has 2 saturated carbocycles. The second-order valence-electron chi connectivity index (χ2n) is 10.6. The van der Waals surface area contributed by atoms with Crippen molar-refractivity contribution in [1.29, 1.82) is 5.26 Å². The average molecular weight is 499 g/mol. The molecule has 3 fully saturated rings. The van der Waals surface area contributed by atoms with Crippen LogP contribution in [0.4, 0.5) is 8.78 Å². The van der Waals surface area contributed by atoms with Gasteiger partial charge in [-0.05, 0) is 54.7 Å². The van der Waals surface area contributed by atoms with E-state index in [-0.39, 0.29) is 46.8 Å². The molecule has 1 aliphatic heterocycles. The number of piperidine rings is 1. The van der Waals surface area contributed by atoms with Gasteiger partial charge in [0.25, 0.3) is 5.91 Å². The van der Waals surface area contributed by atoms with Crippen LogP contribution in [0, 0.1) is 34.5 Å². The number of nitrogens with zero attached hydrogens (tertiary/aromatic N) is 2. The highest BCUT2D eigenvalue weighted by Gasteiger charge is 2.69. The quantitative estimate of drug-likeness (QED) is 0.605. The monoisotopic (exact) mass is 498 g/mol. The van der Waals surface area contributed by atoms with E-state index in [1.165, 1.54) is 17.0 Å². The minimum absolute atomic E-state index is 0.0455. The first-order chi connectivity index (χ1) is 17.1. The number of ether oxygens (including phenoxy) is 1. The SMILES string of the molecule is CC1(C)[C@@H]2[C@@H](C(=O)N[C@H](C#N)CC3CCCC3=O)N(C(=O)c3cc4c(OC(F)F)cccc4[nH]3)C[C@@H]21. The van der Waals surface area contributed by atoms with E-state index in [0.29, 0.717) is 23.9 Å². The predicted octanol–water partition coefficient (Wildman–Crippen LogP) is 3.63. The molecular formula is C26H28F2N4O4. The van der Waals surface area contributed by atoms with E-state index in [9.17, 15) is 28.4 Å².